The van der Waals surface area contributed by atoms with Crippen molar-refractivity contribution in [2.75, 3.05) is 0 Å². The van der Waals surface area contributed by atoms with Crippen LogP contribution in [0, 0.1) is 0 Å². The molecule has 2 rings (SSSR count). The van der Waals surface area contributed by atoms with E-state index in [1.807, 2.05) is 60.7 Å². The fraction of sp³-hybridized carbons (Fsp3) is 0.407. The summed E-state index contributed by atoms with van der Waals surface area (Å²) in [7, 11) is 0. The molecule has 2 aromatic rings. The van der Waals surface area contributed by atoms with Crippen molar-refractivity contribution in [3.05, 3.63) is 71.8 Å². The monoisotopic (exact) mass is 466 g/mol. The molecule has 0 heterocycles. The Morgan fingerprint density at radius 3 is 1.97 bits per heavy atom. The molecule has 182 valence electrons. The Kier molecular flexibility index (Phi) is 10.5. The molecule has 0 unspecified atom stereocenters. The highest BCUT2D eigenvalue weighted by Crippen LogP contribution is 2.11. The molecule has 2 atom stereocenters. The lowest BCUT2D eigenvalue weighted by Gasteiger charge is -2.25. The normalized spacial score (nSPS) is 12.8. The number of rotatable bonds is 12. The van der Waals surface area contributed by atoms with Gasteiger partial charge in [-0.1, -0.05) is 60.7 Å². The van der Waals surface area contributed by atoms with Crippen molar-refractivity contribution < 1.29 is 23.9 Å². The molecule has 2 aromatic carbocycles. The van der Waals surface area contributed by atoms with Gasteiger partial charge in [0.2, 0.25) is 5.91 Å². The fourth-order valence-electron chi connectivity index (χ4n) is 3.48. The zero-order chi connectivity index (χ0) is 25.0. The summed E-state index contributed by atoms with van der Waals surface area (Å²) in [5.74, 6) is -0.508. The van der Waals surface area contributed by atoms with E-state index in [4.69, 9.17) is 4.74 Å². The van der Waals surface area contributed by atoms with E-state index >= 15 is 0 Å². The van der Waals surface area contributed by atoms with Gasteiger partial charge >= 0.3 is 6.09 Å². The number of alkyl carbamates (subject to hydrolysis) is 1. The minimum absolute atomic E-state index is 0.0962. The van der Waals surface area contributed by atoms with Gasteiger partial charge in [-0.25, -0.2) is 4.79 Å². The van der Waals surface area contributed by atoms with E-state index in [1.54, 1.807) is 20.8 Å². The van der Waals surface area contributed by atoms with Crippen molar-refractivity contribution in [3.63, 3.8) is 0 Å². The molecule has 0 saturated heterocycles. The van der Waals surface area contributed by atoms with E-state index in [-0.39, 0.29) is 31.5 Å². The molecular weight excluding hydrogens is 432 g/mol. The van der Waals surface area contributed by atoms with Crippen molar-refractivity contribution in [3.8, 4) is 0 Å². The molecule has 0 aliphatic heterocycles. The number of ketones is 1. The number of aldehydes is 1. The number of ether oxygens (including phenoxy) is 1. The maximum Gasteiger partial charge on any atom is 0.408 e. The quantitative estimate of drug-likeness (QED) is 0.464. The number of hydrogen-bond acceptors (Lipinski definition) is 5. The highest BCUT2D eigenvalue weighted by Gasteiger charge is 2.27. The van der Waals surface area contributed by atoms with Crippen LogP contribution >= 0.6 is 0 Å². The largest absolute Gasteiger partial charge is 0.444 e. The van der Waals surface area contributed by atoms with Crippen molar-refractivity contribution in [2.24, 2.45) is 0 Å². The van der Waals surface area contributed by atoms with Gasteiger partial charge in [0.05, 0.1) is 0 Å². The molecule has 0 aliphatic carbocycles. The smallest absolute Gasteiger partial charge is 0.408 e. The van der Waals surface area contributed by atoms with E-state index in [0.29, 0.717) is 12.7 Å². The lowest BCUT2D eigenvalue weighted by molar-refractivity contribution is -0.125. The van der Waals surface area contributed by atoms with E-state index in [0.717, 1.165) is 11.1 Å². The van der Waals surface area contributed by atoms with Crippen LogP contribution in [-0.2, 0) is 32.0 Å². The van der Waals surface area contributed by atoms with Crippen LogP contribution < -0.4 is 10.6 Å². The van der Waals surface area contributed by atoms with Gasteiger partial charge in [0.25, 0.3) is 0 Å². The second-order valence-corrected chi connectivity index (χ2v) is 9.23. The van der Waals surface area contributed by atoms with Crippen LogP contribution in [0.25, 0.3) is 0 Å². The van der Waals surface area contributed by atoms with Crippen LogP contribution in [-0.4, -0.2) is 41.8 Å². The van der Waals surface area contributed by atoms with Crippen molar-refractivity contribution in [1.82, 2.24) is 10.6 Å². The topological polar surface area (TPSA) is 102 Å². The molecule has 0 bridgehead atoms. The molecule has 0 saturated carbocycles. The zero-order valence-corrected chi connectivity index (χ0v) is 20.1. The van der Waals surface area contributed by atoms with E-state index in [9.17, 15) is 19.2 Å². The summed E-state index contributed by atoms with van der Waals surface area (Å²) < 4.78 is 5.35. The summed E-state index contributed by atoms with van der Waals surface area (Å²) >= 11 is 0. The van der Waals surface area contributed by atoms with E-state index in [2.05, 4.69) is 10.6 Å². The SMILES string of the molecule is CC(C)(C)OC(=O)N[C@@H](Cc1ccccc1)C(=O)N[C@H](CC(=O)CCC=O)Cc1ccccc1. The van der Waals surface area contributed by atoms with Gasteiger partial charge in [0, 0.05) is 31.7 Å². The average Bonchev–Trinajstić information content (AvgIpc) is 2.77. The van der Waals surface area contributed by atoms with Crippen LogP contribution in [0.15, 0.2) is 60.7 Å². The third-order valence-corrected chi connectivity index (χ3v) is 4.98. The Morgan fingerprint density at radius 2 is 1.44 bits per heavy atom. The molecule has 7 heteroatoms. The van der Waals surface area contributed by atoms with Crippen LogP contribution in [0.4, 0.5) is 4.79 Å². The maximum atomic E-state index is 13.3. The van der Waals surface area contributed by atoms with Gasteiger partial charge in [0.15, 0.2) is 0 Å². The van der Waals surface area contributed by atoms with Gasteiger partial charge in [-0.05, 0) is 38.3 Å². The Morgan fingerprint density at radius 1 is 0.882 bits per heavy atom. The molecule has 2 N–H and O–H groups in total. The average molecular weight is 467 g/mol. The number of carbonyl (C=O) groups excluding carboxylic acids is 4. The minimum atomic E-state index is -0.888. The van der Waals surface area contributed by atoms with Gasteiger partial charge < -0.3 is 20.2 Å². The maximum absolute atomic E-state index is 13.3. The standard InChI is InChI=1S/C27H34N2O5/c1-27(2,3)34-26(33)29-24(18-21-13-8-5-9-14-21)25(32)28-22(19-23(31)15-10-16-30)17-20-11-6-4-7-12-20/h4-9,11-14,16,22,24H,10,15,17-19H2,1-3H3,(H,28,32)(H,29,33)/t22-,24-/m0/s1. The van der Waals surface area contributed by atoms with E-state index < -0.39 is 29.7 Å². The third kappa shape index (κ3) is 10.4. The molecule has 0 aliphatic rings. The number of carbonyl (C=O) groups is 4. The summed E-state index contributed by atoms with van der Waals surface area (Å²) in [5.41, 5.74) is 1.13. The molecular formula is C27H34N2O5. The zero-order valence-electron chi connectivity index (χ0n) is 20.1. The van der Waals surface area contributed by atoms with Gasteiger partial charge in [0.1, 0.15) is 23.7 Å². The molecule has 0 aromatic heterocycles. The first-order valence-electron chi connectivity index (χ1n) is 11.5. The third-order valence-electron chi connectivity index (χ3n) is 4.98. The number of Topliss-reactive ketones (excluding diaryl/α,β-unsaturated/α-hetero) is 1. The van der Waals surface area contributed by atoms with Crippen LogP contribution in [0.1, 0.15) is 51.2 Å². The fourth-order valence-corrected chi connectivity index (χ4v) is 3.48. The van der Waals surface area contributed by atoms with Crippen LogP contribution in [0.5, 0.6) is 0 Å². The van der Waals surface area contributed by atoms with E-state index in [1.165, 1.54) is 0 Å². The van der Waals surface area contributed by atoms with Crippen LogP contribution in [0.2, 0.25) is 0 Å². The molecule has 7 nitrogen and oxygen atoms in total. The lowest BCUT2D eigenvalue weighted by Crippen LogP contribution is -2.52. The Balaban J connectivity index is 2.18. The minimum Gasteiger partial charge on any atom is -0.444 e. The Hall–Kier alpha value is -3.48. The highest BCUT2D eigenvalue weighted by atomic mass is 16.6. The number of amides is 2. The lowest BCUT2D eigenvalue weighted by atomic mass is 9.98. The summed E-state index contributed by atoms with van der Waals surface area (Å²) in [6.07, 6.45) is 1.12. The van der Waals surface area contributed by atoms with Gasteiger partial charge in [-0.2, -0.15) is 0 Å². The van der Waals surface area contributed by atoms with Gasteiger partial charge in [-0.3, -0.25) is 9.59 Å². The van der Waals surface area contributed by atoms with Gasteiger partial charge in [-0.15, -0.1) is 0 Å². The molecule has 0 spiro atoms. The van der Waals surface area contributed by atoms with Crippen molar-refractivity contribution in [2.45, 2.75) is 70.6 Å². The van der Waals surface area contributed by atoms with Crippen molar-refractivity contribution in [1.29, 1.82) is 0 Å². The second kappa shape index (κ2) is 13.3. The molecule has 0 fully saturated rings. The first-order valence-corrected chi connectivity index (χ1v) is 11.5. The summed E-state index contributed by atoms with van der Waals surface area (Å²) in [6.45, 7) is 5.25. The first-order chi connectivity index (χ1) is 16.2. The Labute approximate surface area is 201 Å². The van der Waals surface area contributed by atoms with Crippen molar-refractivity contribution >= 4 is 24.1 Å². The summed E-state index contributed by atoms with van der Waals surface area (Å²) in [6, 6.07) is 17.5. The number of nitrogens with one attached hydrogen (secondary N) is 2. The predicted octanol–water partition coefficient (Wildman–Crippen LogP) is 3.79. The first kappa shape index (κ1) is 26.8. The van der Waals surface area contributed by atoms with Crippen LogP contribution in [0.3, 0.4) is 0 Å². The number of hydrogen-bond donors (Lipinski definition) is 2. The summed E-state index contributed by atoms with van der Waals surface area (Å²) in [4.78, 5) is 48.8. The highest BCUT2D eigenvalue weighted by molar-refractivity contribution is 5.87. The predicted molar refractivity (Wildman–Crippen MR) is 130 cm³/mol. The molecule has 2 amide bonds. The summed E-state index contributed by atoms with van der Waals surface area (Å²) in [5, 5.41) is 5.62. The second-order valence-electron chi connectivity index (χ2n) is 9.23. The molecule has 0 radical (unpaired) electrons. The Bertz CT molecular complexity index is 938. The molecule has 34 heavy (non-hydrogen) atoms. The number of benzene rings is 2.